The van der Waals surface area contributed by atoms with E-state index in [1.165, 1.54) is 38.9 Å². The van der Waals surface area contributed by atoms with Crippen molar-refractivity contribution in [3.63, 3.8) is 0 Å². The Morgan fingerprint density at radius 2 is 0.661 bits per heavy atom. The van der Waals surface area contributed by atoms with Gasteiger partial charge in [-0.05, 0) is 104 Å². The quantitative estimate of drug-likeness (QED) is 0.145. The Bertz CT molecular complexity index is 3300. The summed E-state index contributed by atoms with van der Waals surface area (Å²) in [5.41, 5.74) is 19.1. The molecule has 0 amide bonds. The van der Waals surface area contributed by atoms with Crippen LogP contribution in [-0.4, -0.2) is 0 Å². The van der Waals surface area contributed by atoms with Crippen LogP contribution in [0.5, 0.6) is 0 Å². The molecule has 11 aromatic rings. The van der Waals surface area contributed by atoms with E-state index in [9.17, 15) is 0 Å². The molecule has 10 aromatic carbocycles. The Morgan fingerprint density at radius 1 is 0.258 bits per heavy atom. The molecule has 0 radical (unpaired) electrons. The van der Waals surface area contributed by atoms with Crippen LogP contribution < -0.4 is 4.90 Å². The number of anilines is 3. The van der Waals surface area contributed by atoms with Crippen molar-refractivity contribution < 1.29 is 4.42 Å². The van der Waals surface area contributed by atoms with Crippen LogP contribution in [0.4, 0.5) is 17.1 Å². The van der Waals surface area contributed by atoms with Crippen LogP contribution in [0.1, 0.15) is 0 Å². The zero-order chi connectivity index (χ0) is 41.2. The van der Waals surface area contributed by atoms with Gasteiger partial charge in [0, 0.05) is 27.7 Å². The summed E-state index contributed by atoms with van der Waals surface area (Å²) in [6.07, 6.45) is 0. The third-order valence-electron chi connectivity index (χ3n) is 11.9. The topological polar surface area (TPSA) is 16.4 Å². The van der Waals surface area contributed by atoms with Crippen LogP contribution in [0.3, 0.4) is 0 Å². The lowest BCUT2D eigenvalue weighted by Crippen LogP contribution is -2.12. The fraction of sp³-hybridized carbons (Fsp3) is 0. The van der Waals surface area contributed by atoms with E-state index in [4.69, 9.17) is 4.42 Å². The molecule has 0 spiro atoms. The summed E-state index contributed by atoms with van der Waals surface area (Å²) in [5, 5.41) is 2.26. The van der Waals surface area contributed by atoms with E-state index in [2.05, 4.69) is 241 Å². The molecule has 11 rings (SSSR count). The molecule has 0 saturated heterocycles. The minimum absolute atomic E-state index is 0.892. The summed E-state index contributed by atoms with van der Waals surface area (Å²) in [6, 6.07) is 89.1. The predicted molar refractivity (Wildman–Crippen MR) is 261 cm³/mol. The van der Waals surface area contributed by atoms with Crippen molar-refractivity contribution in [3.05, 3.63) is 249 Å². The first kappa shape index (κ1) is 36.8. The van der Waals surface area contributed by atoms with Gasteiger partial charge in [0.2, 0.25) is 0 Å². The first-order valence-corrected chi connectivity index (χ1v) is 21.2. The zero-order valence-electron chi connectivity index (χ0n) is 34.0. The fourth-order valence-corrected chi connectivity index (χ4v) is 8.96. The number of para-hydroxylation sites is 1. The summed E-state index contributed by atoms with van der Waals surface area (Å²) >= 11 is 0. The molecule has 1 aromatic heterocycles. The normalized spacial score (nSPS) is 11.2. The summed E-state index contributed by atoms with van der Waals surface area (Å²) in [4.78, 5) is 2.42. The van der Waals surface area contributed by atoms with Crippen molar-refractivity contribution in [1.82, 2.24) is 0 Å². The lowest BCUT2D eigenvalue weighted by Gasteiger charge is -2.30. The Balaban J connectivity index is 1.09. The number of rotatable bonds is 9. The minimum atomic E-state index is 0.892. The maximum absolute atomic E-state index is 6.30. The summed E-state index contributed by atoms with van der Waals surface area (Å²) in [7, 11) is 0. The summed E-state index contributed by atoms with van der Waals surface area (Å²) in [6.45, 7) is 0. The van der Waals surface area contributed by atoms with Gasteiger partial charge in [0.15, 0.2) is 0 Å². The van der Waals surface area contributed by atoms with Gasteiger partial charge in [-0.1, -0.05) is 206 Å². The van der Waals surface area contributed by atoms with Gasteiger partial charge in [0.1, 0.15) is 11.2 Å². The van der Waals surface area contributed by atoms with Gasteiger partial charge in [-0.2, -0.15) is 0 Å². The first-order chi connectivity index (χ1) is 30.8. The molecule has 0 fully saturated rings. The molecule has 0 bridgehead atoms. The Hall–Kier alpha value is -8.20. The predicted octanol–water partition coefficient (Wildman–Crippen LogP) is 17.1. The van der Waals surface area contributed by atoms with Crippen LogP contribution in [0.25, 0.3) is 88.7 Å². The van der Waals surface area contributed by atoms with Gasteiger partial charge in [0.25, 0.3) is 0 Å². The number of fused-ring (bicyclic) bond motifs is 3. The highest BCUT2D eigenvalue weighted by Gasteiger charge is 2.23. The SMILES string of the molecule is c1ccc(-c2ccc(-c3ccc(N(c4ccc(-c5cccc6oc7ccccc7c56)cc4)c4cccc(-c5ccccc5)c4-c4ccccc4-c4ccccc4)cc3)cc2)cc1. The molecule has 0 unspecified atom stereocenters. The van der Waals surface area contributed by atoms with E-state index >= 15 is 0 Å². The average Bonchev–Trinajstić information content (AvgIpc) is 3.75. The molecule has 0 atom stereocenters. The third kappa shape index (κ3) is 6.84. The van der Waals surface area contributed by atoms with E-state index < -0.39 is 0 Å². The first-order valence-electron chi connectivity index (χ1n) is 21.2. The van der Waals surface area contributed by atoms with Crippen molar-refractivity contribution in [1.29, 1.82) is 0 Å². The zero-order valence-corrected chi connectivity index (χ0v) is 34.0. The number of furan rings is 1. The molecule has 2 nitrogen and oxygen atoms in total. The summed E-state index contributed by atoms with van der Waals surface area (Å²) < 4.78 is 6.30. The largest absolute Gasteiger partial charge is 0.456 e. The molecule has 0 N–H and O–H groups in total. The molecule has 0 saturated carbocycles. The molecule has 1 heterocycles. The molecule has 2 heteroatoms. The number of benzene rings is 10. The van der Waals surface area contributed by atoms with Crippen molar-refractivity contribution in [2.45, 2.75) is 0 Å². The number of nitrogens with zero attached hydrogens (tertiary/aromatic N) is 1. The number of hydrogen-bond donors (Lipinski definition) is 0. The molecule has 62 heavy (non-hydrogen) atoms. The van der Waals surface area contributed by atoms with E-state index in [1.54, 1.807) is 0 Å². The van der Waals surface area contributed by atoms with Crippen LogP contribution >= 0.6 is 0 Å². The van der Waals surface area contributed by atoms with E-state index in [0.717, 1.165) is 66.8 Å². The molecular formula is C60H41NO. The molecule has 0 aliphatic heterocycles. The van der Waals surface area contributed by atoms with Gasteiger partial charge in [0.05, 0.1) is 5.69 Å². The summed E-state index contributed by atoms with van der Waals surface area (Å²) in [5.74, 6) is 0. The Kier molecular flexibility index (Phi) is 9.57. The van der Waals surface area contributed by atoms with Gasteiger partial charge < -0.3 is 9.32 Å². The average molecular weight is 792 g/mol. The highest BCUT2D eigenvalue weighted by Crippen LogP contribution is 2.48. The lowest BCUT2D eigenvalue weighted by atomic mass is 9.87. The van der Waals surface area contributed by atoms with Crippen LogP contribution in [-0.2, 0) is 0 Å². The van der Waals surface area contributed by atoms with Gasteiger partial charge in [-0.25, -0.2) is 0 Å². The van der Waals surface area contributed by atoms with Crippen LogP contribution in [0, 0.1) is 0 Å². The maximum Gasteiger partial charge on any atom is 0.136 e. The lowest BCUT2D eigenvalue weighted by molar-refractivity contribution is 0.669. The second-order valence-corrected chi connectivity index (χ2v) is 15.6. The van der Waals surface area contributed by atoms with E-state index in [-0.39, 0.29) is 0 Å². The number of hydrogen-bond acceptors (Lipinski definition) is 2. The fourth-order valence-electron chi connectivity index (χ4n) is 8.96. The maximum atomic E-state index is 6.30. The van der Waals surface area contributed by atoms with Crippen molar-refractivity contribution in [3.8, 4) is 66.8 Å². The van der Waals surface area contributed by atoms with Gasteiger partial charge in [-0.15, -0.1) is 0 Å². The van der Waals surface area contributed by atoms with Crippen molar-refractivity contribution in [2.75, 3.05) is 4.90 Å². The van der Waals surface area contributed by atoms with Gasteiger partial charge in [-0.3, -0.25) is 0 Å². The van der Waals surface area contributed by atoms with E-state index in [0.29, 0.717) is 0 Å². The Morgan fingerprint density at radius 3 is 1.29 bits per heavy atom. The minimum Gasteiger partial charge on any atom is -0.456 e. The Labute approximate surface area is 362 Å². The third-order valence-corrected chi connectivity index (χ3v) is 11.9. The second kappa shape index (κ2) is 16.1. The molecule has 0 aliphatic carbocycles. The van der Waals surface area contributed by atoms with Crippen LogP contribution in [0.2, 0.25) is 0 Å². The highest BCUT2D eigenvalue weighted by atomic mass is 16.3. The van der Waals surface area contributed by atoms with Gasteiger partial charge >= 0.3 is 0 Å². The molecule has 292 valence electrons. The highest BCUT2D eigenvalue weighted by molar-refractivity contribution is 6.12. The van der Waals surface area contributed by atoms with E-state index in [1.807, 2.05) is 12.1 Å². The van der Waals surface area contributed by atoms with Crippen molar-refractivity contribution in [2.24, 2.45) is 0 Å². The standard InChI is InChI=1S/C60H41NO/c1-4-16-42(17-5-1)43-30-32-44(33-31-43)45-34-38-49(39-35-45)61(50-40-36-48(37-41-50)53-26-15-29-58-60(53)55-24-12-13-28-57(55)62-58)56-27-14-25-52(47-20-8-3-9-21-47)59(56)54-23-11-10-22-51(54)46-18-6-2-7-19-46/h1-41H. The monoisotopic (exact) mass is 791 g/mol. The molecule has 0 aliphatic rings. The van der Waals surface area contributed by atoms with Crippen LogP contribution in [0.15, 0.2) is 253 Å². The van der Waals surface area contributed by atoms with Crippen molar-refractivity contribution >= 4 is 39.0 Å². The smallest absolute Gasteiger partial charge is 0.136 e. The molecular weight excluding hydrogens is 751 g/mol. The second-order valence-electron chi connectivity index (χ2n) is 15.6.